The van der Waals surface area contributed by atoms with Crippen molar-refractivity contribution in [1.82, 2.24) is 14.9 Å². The Kier molecular flexibility index (Phi) is 7.20. The second-order valence-corrected chi connectivity index (χ2v) is 10.3. The maximum absolute atomic E-state index is 12.0. The van der Waals surface area contributed by atoms with Crippen LogP contribution in [0.4, 0.5) is 11.4 Å². The SMILES string of the molecule is CCC(=O)Nc1ccc(N2C(=S)N[C@@H](c3ccccn3)[C@H]2c2cc(C)n(C3CCCC3)c2C)cc1OC. The topological polar surface area (TPSA) is 71.4 Å². The number of benzene rings is 1. The number of aryl methyl sites for hydroxylation is 1. The summed E-state index contributed by atoms with van der Waals surface area (Å²) in [7, 11) is 1.62. The predicted molar refractivity (Wildman–Crippen MR) is 151 cm³/mol. The van der Waals surface area contributed by atoms with E-state index in [1.54, 1.807) is 7.11 Å². The van der Waals surface area contributed by atoms with Gasteiger partial charge in [-0.05, 0) is 74.8 Å². The number of nitrogens with zero attached hydrogens (tertiary/aromatic N) is 3. The molecular formula is C29H35N5O2S. The lowest BCUT2D eigenvalue weighted by Gasteiger charge is -2.29. The van der Waals surface area contributed by atoms with Crippen molar-refractivity contribution in [3.63, 3.8) is 0 Å². The number of hydrogen-bond acceptors (Lipinski definition) is 4. The molecule has 1 saturated carbocycles. The minimum absolute atomic E-state index is 0.0585. The molecule has 1 aliphatic heterocycles. The molecule has 1 saturated heterocycles. The Labute approximate surface area is 224 Å². The predicted octanol–water partition coefficient (Wildman–Crippen LogP) is 6.15. The van der Waals surface area contributed by atoms with E-state index in [1.807, 2.05) is 43.5 Å². The Balaban J connectivity index is 1.61. The van der Waals surface area contributed by atoms with Crippen molar-refractivity contribution >= 4 is 34.6 Å². The van der Waals surface area contributed by atoms with Crippen LogP contribution in [0.25, 0.3) is 0 Å². The van der Waals surface area contributed by atoms with Crippen LogP contribution in [0.3, 0.4) is 0 Å². The molecule has 0 radical (unpaired) electrons. The number of rotatable bonds is 7. The standard InChI is InChI=1S/C29H35N5O2S/c1-5-26(35)31-23-14-13-21(17-25(23)36-4)34-28(27(32-29(34)37)24-12-8-9-15-30-24)22-16-18(2)33(19(22)3)20-10-6-7-11-20/h8-9,12-17,20,27-28H,5-7,10-11H2,1-4H3,(H,31,35)(H,32,37)/t27-,28+/m0/s1. The summed E-state index contributed by atoms with van der Waals surface area (Å²) in [5.41, 5.74) is 6.31. The van der Waals surface area contributed by atoms with Crippen LogP contribution in [0.15, 0.2) is 48.7 Å². The molecule has 2 fully saturated rings. The zero-order valence-electron chi connectivity index (χ0n) is 22.0. The monoisotopic (exact) mass is 517 g/mol. The van der Waals surface area contributed by atoms with E-state index in [-0.39, 0.29) is 18.0 Å². The van der Waals surface area contributed by atoms with E-state index in [1.165, 1.54) is 42.6 Å². The van der Waals surface area contributed by atoms with Gasteiger partial charge in [0.15, 0.2) is 5.11 Å². The third kappa shape index (κ3) is 4.70. The average Bonchev–Trinajstić information content (AvgIpc) is 3.62. The molecule has 2 aliphatic rings. The zero-order chi connectivity index (χ0) is 26.1. The lowest BCUT2D eigenvalue weighted by Crippen LogP contribution is -2.29. The molecule has 0 unspecified atom stereocenters. The average molecular weight is 518 g/mol. The van der Waals surface area contributed by atoms with E-state index in [0.29, 0.717) is 29.0 Å². The van der Waals surface area contributed by atoms with Gasteiger partial charge in [0, 0.05) is 41.8 Å². The van der Waals surface area contributed by atoms with E-state index in [4.69, 9.17) is 21.9 Å². The van der Waals surface area contributed by atoms with Crippen LogP contribution in [-0.4, -0.2) is 27.7 Å². The van der Waals surface area contributed by atoms with E-state index in [2.05, 4.69) is 46.1 Å². The fraction of sp³-hybridized carbons (Fsp3) is 0.414. The van der Waals surface area contributed by atoms with E-state index < -0.39 is 0 Å². The van der Waals surface area contributed by atoms with Gasteiger partial charge in [-0.2, -0.15) is 0 Å². The normalized spacial score (nSPS) is 19.8. The van der Waals surface area contributed by atoms with E-state index in [9.17, 15) is 4.79 Å². The van der Waals surface area contributed by atoms with Crippen molar-refractivity contribution in [3.05, 3.63) is 71.3 Å². The molecule has 1 aromatic carbocycles. The first-order chi connectivity index (χ1) is 17.9. The molecule has 8 heteroatoms. The van der Waals surface area contributed by atoms with Crippen LogP contribution in [0, 0.1) is 13.8 Å². The molecule has 1 amide bonds. The van der Waals surface area contributed by atoms with Crippen molar-refractivity contribution < 1.29 is 9.53 Å². The number of nitrogens with one attached hydrogen (secondary N) is 2. The van der Waals surface area contributed by atoms with Gasteiger partial charge in [0.2, 0.25) is 5.91 Å². The molecule has 0 spiro atoms. The van der Waals surface area contributed by atoms with Gasteiger partial charge >= 0.3 is 0 Å². The highest BCUT2D eigenvalue weighted by Crippen LogP contribution is 2.46. The van der Waals surface area contributed by atoms with Crippen molar-refractivity contribution in [2.45, 2.75) is 71.0 Å². The molecule has 3 aromatic rings. The van der Waals surface area contributed by atoms with Crippen LogP contribution >= 0.6 is 12.2 Å². The summed E-state index contributed by atoms with van der Waals surface area (Å²) >= 11 is 5.94. The first-order valence-corrected chi connectivity index (χ1v) is 13.5. The summed E-state index contributed by atoms with van der Waals surface area (Å²) in [4.78, 5) is 18.9. The summed E-state index contributed by atoms with van der Waals surface area (Å²) < 4.78 is 8.20. The summed E-state index contributed by atoms with van der Waals surface area (Å²) in [5, 5.41) is 7.12. The molecule has 0 bridgehead atoms. The third-order valence-corrected chi connectivity index (χ3v) is 8.00. The lowest BCUT2D eigenvalue weighted by atomic mass is 9.96. The van der Waals surface area contributed by atoms with Gasteiger partial charge in [-0.25, -0.2) is 0 Å². The molecule has 2 aromatic heterocycles. The number of pyridine rings is 1. The van der Waals surface area contributed by atoms with Gasteiger partial charge in [-0.15, -0.1) is 0 Å². The fourth-order valence-electron chi connectivity index (χ4n) is 5.95. The van der Waals surface area contributed by atoms with Gasteiger partial charge in [-0.3, -0.25) is 9.78 Å². The summed E-state index contributed by atoms with van der Waals surface area (Å²) in [6.07, 6.45) is 7.26. The quantitative estimate of drug-likeness (QED) is 0.366. The molecule has 3 heterocycles. The highest BCUT2D eigenvalue weighted by Gasteiger charge is 2.42. The third-order valence-electron chi connectivity index (χ3n) is 7.69. The smallest absolute Gasteiger partial charge is 0.224 e. The molecule has 194 valence electrons. The Morgan fingerprint density at radius 2 is 1.97 bits per heavy atom. The molecule has 2 atom stereocenters. The maximum atomic E-state index is 12.0. The number of anilines is 2. The second-order valence-electron chi connectivity index (χ2n) is 9.92. The minimum Gasteiger partial charge on any atom is -0.494 e. The maximum Gasteiger partial charge on any atom is 0.224 e. The van der Waals surface area contributed by atoms with Crippen LogP contribution in [0.2, 0.25) is 0 Å². The lowest BCUT2D eigenvalue weighted by molar-refractivity contribution is -0.115. The Bertz CT molecular complexity index is 1300. The number of amides is 1. The number of carbonyl (C=O) groups excluding carboxylic acids is 1. The number of ether oxygens (including phenoxy) is 1. The van der Waals surface area contributed by atoms with E-state index >= 15 is 0 Å². The van der Waals surface area contributed by atoms with Gasteiger partial charge < -0.3 is 24.8 Å². The van der Waals surface area contributed by atoms with Gasteiger partial charge in [0.1, 0.15) is 5.75 Å². The molecular weight excluding hydrogens is 482 g/mol. The number of methoxy groups -OCH3 is 1. The Hall–Kier alpha value is -3.39. The first kappa shape index (κ1) is 25.3. The van der Waals surface area contributed by atoms with Gasteiger partial charge in [0.05, 0.1) is 30.6 Å². The van der Waals surface area contributed by atoms with E-state index in [0.717, 1.165) is 11.4 Å². The second kappa shape index (κ2) is 10.5. The highest BCUT2D eigenvalue weighted by atomic mass is 32.1. The minimum atomic E-state index is -0.114. The summed E-state index contributed by atoms with van der Waals surface area (Å²) in [5.74, 6) is 0.537. The first-order valence-electron chi connectivity index (χ1n) is 13.1. The Morgan fingerprint density at radius 1 is 1.19 bits per heavy atom. The molecule has 1 aliphatic carbocycles. The summed E-state index contributed by atoms with van der Waals surface area (Å²) in [6, 6.07) is 14.5. The van der Waals surface area contributed by atoms with Gasteiger partial charge in [-0.1, -0.05) is 25.8 Å². The van der Waals surface area contributed by atoms with Crippen molar-refractivity contribution in [1.29, 1.82) is 0 Å². The molecule has 5 rings (SSSR count). The van der Waals surface area contributed by atoms with Crippen molar-refractivity contribution in [2.24, 2.45) is 0 Å². The number of aromatic nitrogens is 2. The number of hydrogen-bond donors (Lipinski definition) is 2. The molecule has 2 N–H and O–H groups in total. The Morgan fingerprint density at radius 3 is 2.65 bits per heavy atom. The van der Waals surface area contributed by atoms with Crippen molar-refractivity contribution in [2.75, 3.05) is 17.3 Å². The summed E-state index contributed by atoms with van der Waals surface area (Å²) in [6.45, 7) is 6.28. The van der Waals surface area contributed by atoms with Crippen LogP contribution in [0.1, 0.15) is 79.8 Å². The highest BCUT2D eigenvalue weighted by molar-refractivity contribution is 7.80. The van der Waals surface area contributed by atoms with Gasteiger partial charge in [0.25, 0.3) is 0 Å². The fourth-order valence-corrected chi connectivity index (χ4v) is 6.29. The number of carbonyl (C=O) groups is 1. The zero-order valence-corrected chi connectivity index (χ0v) is 22.8. The van der Waals surface area contributed by atoms with Crippen LogP contribution < -0.4 is 20.3 Å². The van der Waals surface area contributed by atoms with Crippen LogP contribution in [0.5, 0.6) is 5.75 Å². The van der Waals surface area contributed by atoms with Crippen LogP contribution in [-0.2, 0) is 4.79 Å². The molecule has 7 nitrogen and oxygen atoms in total. The van der Waals surface area contributed by atoms with Crippen molar-refractivity contribution in [3.8, 4) is 5.75 Å². The number of thiocarbonyl (C=S) groups is 1. The largest absolute Gasteiger partial charge is 0.494 e. The molecule has 37 heavy (non-hydrogen) atoms.